The number of alkyl halides is 1. The molecule has 3 nitrogen and oxygen atoms in total. The normalized spacial score (nSPS) is 23.0. The van der Waals surface area contributed by atoms with Gasteiger partial charge >= 0.3 is 5.97 Å². The molecular weight excluding hydrogens is 331 g/mol. The van der Waals surface area contributed by atoms with E-state index in [9.17, 15) is 14.0 Å². The molecule has 26 heavy (non-hydrogen) atoms. The average Bonchev–Trinajstić information content (AvgIpc) is 2.88. The van der Waals surface area contributed by atoms with Crippen LogP contribution in [0.25, 0.3) is 0 Å². The molecule has 0 saturated heterocycles. The average molecular weight is 369 g/mol. The maximum absolute atomic E-state index is 13.9. The van der Waals surface area contributed by atoms with Crippen molar-refractivity contribution in [2.75, 3.05) is 6.61 Å². The second-order valence-electron chi connectivity index (χ2n) is 7.47. The fraction of sp³-hybridized carbons (Fsp3) is 0.818. The maximum atomic E-state index is 13.9. The highest BCUT2D eigenvalue weighted by molar-refractivity contribution is 5.87. The van der Waals surface area contributed by atoms with Crippen LogP contribution < -0.4 is 0 Å². The van der Waals surface area contributed by atoms with Gasteiger partial charge in [0.15, 0.2) is 12.0 Å². The van der Waals surface area contributed by atoms with Crippen molar-refractivity contribution in [2.45, 2.75) is 97.1 Å². The molecule has 1 aliphatic carbocycles. The summed E-state index contributed by atoms with van der Waals surface area (Å²) >= 11 is 0. The lowest BCUT2D eigenvalue weighted by Crippen LogP contribution is -2.17. The van der Waals surface area contributed by atoms with Crippen molar-refractivity contribution in [3.8, 4) is 0 Å². The fourth-order valence-electron chi connectivity index (χ4n) is 3.89. The van der Waals surface area contributed by atoms with E-state index in [0.29, 0.717) is 13.0 Å². The molecule has 0 spiro atoms. The molecule has 0 amide bonds. The number of Topliss-reactive ketones (excluding diaryl/α,β-unsaturated/α-hetero) is 1. The minimum absolute atomic E-state index is 0.0883. The van der Waals surface area contributed by atoms with E-state index in [0.717, 1.165) is 38.5 Å². The molecule has 3 atom stereocenters. The van der Waals surface area contributed by atoms with Crippen LogP contribution in [0.15, 0.2) is 12.2 Å². The Morgan fingerprint density at radius 1 is 1.08 bits per heavy atom. The molecule has 0 radical (unpaired) electrons. The summed E-state index contributed by atoms with van der Waals surface area (Å²) in [5.74, 6) is -0.325. The molecule has 4 heteroatoms. The third-order valence-corrected chi connectivity index (χ3v) is 5.36. The van der Waals surface area contributed by atoms with Crippen molar-refractivity contribution in [1.29, 1.82) is 0 Å². The first-order valence-electron chi connectivity index (χ1n) is 10.6. The van der Waals surface area contributed by atoms with Crippen LogP contribution in [-0.2, 0) is 14.3 Å². The molecule has 1 unspecified atom stereocenters. The number of hydrogen-bond acceptors (Lipinski definition) is 3. The van der Waals surface area contributed by atoms with Crippen LogP contribution in [0.3, 0.4) is 0 Å². The number of carbonyl (C=O) groups is 2. The van der Waals surface area contributed by atoms with Gasteiger partial charge in [0, 0.05) is 12.0 Å². The van der Waals surface area contributed by atoms with E-state index in [2.05, 4.69) is 6.92 Å². The van der Waals surface area contributed by atoms with Crippen LogP contribution in [0.5, 0.6) is 0 Å². The van der Waals surface area contributed by atoms with Gasteiger partial charge in [-0.1, -0.05) is 57.9 Å². The van der Waals surface area contributed by atoms with Crippen molar-refractivity contribution < 1.29 is 18.7 Å². The number of halogens is 1. The Labute approximate surface area is 158 Å². The van der Waals surface area contributed by atoms with E-state index in [4.69, 9.17) is 4.74 Å². The number of unbranched alkanes of at least 4 members (excludes halogenated alkanes) is 7. The summed E-state index contributed by atoms with van der Waals surface area (Å²) in [6, 6.07) is 0. The van der Waals surface area contributed by atoms with Crippen LogP contribution in [0.2, 0.25) is 0 Å². The van der Waals surface area contributed by atoms with E-state index in [1.807, 2.05) is 6.08 Å². The summed E-state index contributed by atoms with van der Waals surface area (Å²) in [6.45, 7) is 4.38. The first kappa shape index (κ1) is 22.9. The molecule has 1 fully saturated rings. The summed E-state index contributed by atoms with van der Waals surface area (Å²) in [5.41, 5.74) is 0. The Morgan fingerprint density at radius 3 is 2.50 bits per heavy atom. The lowest BCUT2D eigenvalue weighted by molar-refractivity contribution is -0.137. The predicted octanol–water partition coefficient (Wildman–Crippen LogP) is 5.96. The van der Waals surface area contributed by atoms with Crippen LogP contribution in [-0.4, -0.2) is 24.5 Å². The summed E-state index contributed by atoms with van der Waals surface area (Å²) in [4.78, 5) is 23.3. The standard InChI is InChI=1S/C22H37FO3/c1-3-5-6-7-8-11-14-18-17-20(23)22(25)19(18)15-12-9-10-13-16-21(24)26-4-2/h13,16,18-20H,3-12,14-15,17H2,1-2H3/t18-,19+,20?/m0/s1. The van der Waals surface area contributed by atoms with E-state index in [1.165, 1.54) is 38.2 Å². The van der Waals surface area contributed by atoms with E-state index in [-0.39, 0.29) is 23.6 Å². The van der Waals surface area contributed by atoms with Crippen molar-refractivity contribution in [2.24, 2.45) is 11.8 Å². The Hall–Kier alpha value is -1.19. The lowest BCUT2D eigenvalue weighted by Gasteiger charge is -2.17. The Kier molecular flexibility index (Phi) is 12.3. The number of allylic oxidation sites excluding steroid dienone is 1. The molecule has 0 aliphatic heterocycles. The smallest absolute Gasteiger partial charge is 0.330 e. The Balaban J connectivity index is 2.24. The molecule has 1 saturated carbocycles. The number of carbonyl (C=O) groups excluding carboxylic acids is 2. The molecule has 1 aliphatic rings. The minimum Gasteiger partial charge on any atom is -0.463 e. The zero-order chi connectivity index (χ0) is 19.2. The van der Waals surface area contributed by atoms with Crippen LogP contribution in [0.1, 0.15) is 90.9 Å². The summed E-state index contributed by atoms with van der Waals surface area (Å²) in [5, 5.41) is 0. The third-order valence-electron chi connectivity index (χ3n) is 5.36. The van der Waals surface area contributed by atoms with Gasteiger partial charge in [-0.05, 0) is 44.9 Å². The first-order chi connectivity index (χ1) is 12.6. The highest BCUT2D eigenvalue weighted by Gasteiger charge is 2.41. The molecule has 0 N–H and O–H groups in total. The SMILES string of the molecule is CCCCCCCC[C@H]1CC(F)C(=O)[C@@H]1CCCCC=CC(=O)OCC. The van der Waals surface area contributed by atoms with Gasteiger partial charge in [-0.3, -0.25) is 4.79 Å². The van der Waals surface area contributed by atoms with E-state index < -0.39 is 6.17 Å². The van der Waals surface area contributed by atoms with Crippen LogP contribution in [0, 0.1) is 11.8 Å². The zero-order valence-electron chi connectivity index (χ0n) is 16.7. The molecule has 0 heterocycles. The van der Waals surface area contributed by atoms with Gasteiger partial charge in [-0.15, -0.1) is 0 Å². The zero-order valence-corrected chi connectivity index (χ0v) is 16.7. The third kappa shape index (κ3) is 8.95. The fourth-order valence-corrected chi connectivity index (χ4v) is 3.89. The van der Waals surface area contributed by atoms with Crippen molar-refractivity contribution >= 4 is 11.8 Å². The minimum atomic E-state index is -1.24. The quantitative estimate of drug-likeness (QED) is 0.216. The van der Waals surface area contributed by atoms with Gasteiger partial charge < -0.3 is 4.74 Å². The highest BCUT2D eigenvalue weighted by Crippen LogP contribution is 2.37. The number of hydrogen-bond donors (Lipinski definition) is 0. The second-order valence-corrected chi connectivity index (χ2v) is 7.47. The van der Waals surface area contributed by atoms with Crippen LogP contribution in [0.4, 0.5) is 4.39 Å². The molecule has 0 aromatic heterocycles. The van der Waals surface area contributed by atoms with Gasteiger partial charge in [0.1, 0.15) is 0 Å². The van der Waals surface area contributed by atoms with E-state index in [1.54, 1.807) is 6.92 Å². The van der Waals surface area contributed by atoms with Crippen molar-refractivity contribution in [3.05, 3.63) is 12.2 Å². The number of esters is 1. The number of ether oxygens (including phenoxy) is 1. The van der Waals surface area contributed by atoms with Crippen molar-refractivity contribution in [1.82, 2.24) is 0 Å². The summed E-state index contributed by atoms with van der Waals surface area (Å²) in [7, 11) is 0. The lowest BCUT2D eigenvalue weighted by atomic mass is 9.86. The highest BCUT2D eigenvalue weighted by atomic mass is 19.1. The Bertz CT molecular complexity index is 433. The van der Waals surface area contributed by atoms with Gasteiger partial charge in [-0.2, -0.15) is 0 Å². The van der Waals surface area contributed by atoms with E-state index >= 15 is 0 Å². The number of ketones is 1. The molecule has 1 rings (SSSR count). The van der Waals surface area contributed by atoms with Gasteiger partial charge in [0.25, 0.3) is 0 Å². The molecule has 0 aromatic rings. The van der Waals surface area contributed by atoms with Gasteiger partial charge in [0.05, 0.1) is 6.61 Å². The summed E-state index contributed by atoms with van der Waals surface area (Å²) in [6.07, 6.45) is 14.3. The predicted molar refractivity (Wildman–Crippen MR) is 104 cm³/mol. The number of rotatable bonds is 14. The van der Waals surface area contributed by atoms with Crippen LogP contribution >= 0.6 is 0 Å². The van der Waals surface area contributed by atoms with Gasteiger partial charge in [-0.25, -0.2) is 9.18 Å². The maximum Gasteiger partial charge on any atom is 0.330 e. The molecule has 0 aromatic carbocycles. The molecular formula is C22H37FO3. The molecule has 0 bridgehead atoms. The largest absolute Gasteiger partial charge is 0.463 e. The van der Waals surface area contributed by atoms with Crippen molar-refractivity contribution in [3.63, 3.8) is 0 Å². The first-order valence-corrected chi connectivity index (χ1v) is 10.6. The topological polar surface area (TPSA) is 43.4 Å². The second kappa shape index (κ2) is 13.9. The Morgan fingerprint density at radius 2 is 1.77 bits per heavy atom. The molecule has 150 valence electrons. The monoisotopic (exact) mass is 368 g/mol. The van der Waals surface area contributed by atoms with Gasteiger partial charge in [0.2, 0.25) is 0 Å². The summed E-state index contributed by atoms with van der Waals surface area (Å²) < 4.78 is 18.7.